The molecule has 1 aliphatic rings. The van der Waals surface area contributed by atoms with Gasteiger partial charge >= 0.3 is 17.9 Å². The number of halogens is 1. The highest BCUT2D eigenvalue weighted by molar-refractivity contribution is 5.87. The van der Waals surface area contributed by atoms with Gasteiger partial charge in [0.15, 0.2) is 6.04 Å². The van der Waals surface area contributed by atoms with Gasteiger partial charge in [-0.25, -0.2) is 4.79 Å². The first-order valence-corrected chi connectivity index (χ1v) is 6.46. The molecule has 120 valence electrons. The van der Waals surface area contributed by atoms with Crippen LogP contribution >= 0.6 is 12.4 Å². The summed E-state index contributed by atoms with van der Waals surface area (Å²) in [6.07, 6.45) is -0.198. The molecule has 0 aromatic heterocycles. The van der Waals surface area contributed by atoms with Gasteiger partial charge in [0.2, 0.25) is 0 Å². The average Bonchev–Trinajstić information content (AvgIpc) is 2.85. The number of hydrogen-bond donors (Lipinski definition) is 2. The number of hydroxylamine groups is 1. The van der Waals surface area contributed by atoms with Gasteiger partial charge in [-0.3, -0.25) is 9.59 Å². The van der Waals surface area contributed by atoms with Crippen LogP contribution in [-0.2, 0) is 30.6 Å². The molecule has 0 bridgehead atoms. The van der Waals surface area contributed by atoms with Gasteiger partial charge in [0.1, 0.15) is 6.61 Å². The zero-order valence-corrected chi connectivity index (χ0v) is 12.4. The summed E-state index contributed by atoms with van der Waals surface area (Å²) in [5.74, 6) is -3.16. The molecule has 1 aromatic rings. The first kappa shape index (κ1) is 17.9. The molecule has 0 radical (unpaired) electrons. The monoisotopic (exact) mass is 329 g/mol. The molecule has 1 aromatic carbocycles. The van der Waals surface area contributed by atoms with Crippen molar-refractivity contribution in [2.75, 3.05) is 0 Å². The summed E-state index contributed by atoms with van der Waals surface area (Å²) in [7, 11) is 0. The summed E-state index contributed by atoms with van der Waals surface area (Å²) in [6, 6.07) is 8.12. The van der Waals surface area contributed by atoms with Crippen molar-refractivity contribution in [2.45, 2.75) is 25.5 Å². The van der Waals surface area contributed by atoms with E-state index in [-0.39, 0.29) is 31.9 Å². The first-order chi connectivity index (χ1) is 10.1. The van der Waals surface area contributed by atoms with Crippen LogP contribution in [0.4, 0.5) is 0 Å². The maximum Gasteiger partial charge on any atom is 0.330 e. The molecule has 7 nitrogen and oxygen atoms in total. The normalized spacial score (nSPS) is 19.9. The zero-order chi connectivity index (χ0) is 15.2. The topological polar surface area (TPSA) is 102 Å². The van der Waals surface area contributed by atoms with Crippen LogP contribution in [0.2, 0.25) is 0 Å². The van der Waals surface area contributed by atoms with E-state index in [0.717, 1.165) is 5.56 Å². The number of nitrogens with one attached hydrogen (secondary N) is 1. The Kier molecular flexibility index (Phi) is 6.81. The number of carboxylic acid groups (broad SMARTS) is 1. The van der Waals surface area contributed by atoms with Crippen LogP contribution in [0.15, 0.2) is 30.3 Å². The Balaban J connectivity index is 0.00000242. The van der Waals surface area contributed by atoms with Crippen molar-refractivity contribution in [2.24, 2.45) is 5.92 Å². The second kappa shape index (κ2) is 8.35. The summed E-state index contributed by atoms with van der Waals surface area (Å²) in [5.41, 5.74) is 3.12. The number of carbonyl (C=O) groups is 3. The quantitative estimate of drug-likeness (QED) is 0.752. The molecule has 0 aliphatic carbocycles. The predicted molar refractivity (Wildman–Crippen MR) is 76.9 cm³/mol. The molecule has 1 fully saturated rings. The van der Waals surface area contributed by atoms with E-state index in [2.05, 4.69) is 10.3 Å². The summed E-state index contributed by atoms with van der Waals surface area (Å²) in [4.78, 5) is 38.6. The minimum Gasteiger partial charge on any atom is -0.481 e. The van der Waals surface area contributed by atoms with Crippen molar-refractivity contribution in [3.8, 4) is 0 Å². The Morgan fingerprint density at radius 1 is 1.27 bits per heavy atom. The van der Waals surface area contributed by atoms with E-state index < -0.39 is 29.9 Å². The van der Waals surface area contributed by atoms with Crippen LogP contribution in [0, 0.1) is 5.92 Å². The van der Waals surface area contributed by atoms with Crippen molar-refractivity contribution in [3.05, 3.63) is 35.9 Å². The molecular weight excluding hydrogens is 314 g/mol. The third-order valence-electron chi connectivity index (χ3n) is 3.14. The van der Waals surface area contributed by atoms with Crippen molar-refractivity contribution in [3.63, 3.8) is 0 Å². The smallest absolute Gasteiger partial charge is 0.330 e. The van der Waals surface area contributed by atoms with Crippen molar-refractivity contribution in [1.82, 2.24) is 5.48 Å². The second-order valence-corrected chi connectivity index (χ2v) is 4.65. The highest BCUT2D eigenvalue weighted by atomic mass is 35.5. The highest BCUT2D eigenvalue weighted by Crippen LogP contribution is 2.20. The fourth-order valence-electron chi connectivity index (χ4n) is 2.01. The molecular formula is C14H16ClNO6. The molecule has 2 atom stereocenters. The minimum atomic E-state index is -1.04. The summed E-state index contributed by atoms with van der Waals surface area (Å²) < 4.78 is 5.12. The van der Waals surface area contributed by atoms with Gasteiger partial charge in [0.05, 0.1) is 5.92 Å². The number of carbonyl (C=O) groups excluding carboxylic acids is 2. The highest BCUT2D eigenvalue weighted by Gasteiger charge is 2.42. The Morgan fingerprint density at radius 2 is 1.95 bits per heavy atom. The van der Waals surface area contributed by atoms with Gasteiger partial charge in [-0.15, -0.1) is 17.9 Å². The van der Waals surface area contributed by atoms with Crippen LogP contribution in [0.3, 0.4) is 0 Å². The molecule has 22 heavy (non-hydrogen) atoms. The van der Waals surface area contributed by atoms with Crippen molar-refractivity contribution in [1.29, 1.82) is 0 Å². The summed E-state index contributed by atoms with van der Waals surface area (Å²) in [5, 5.41) is 8.65. The maximum absolute atomic E-state index is 12.0. The lowest BCUT2D eigenvalue weighted by atomic mass is 9.96. The van der Waals surface area contributed by atoms with Crippen molar-refractivity contribution >= 4 is 30.3 Å². The van der Waals surface area contributed by atoms with E-state index in [0.29, 0.717) is 0 Å². The van der Waals surface area contributed by atoms with E-state index >= 15 is 0 Å². The van der Waals surface area contributed by atoms with E-state index in [1.807, 2.05) is 18.2 Å². The molecule has 0 saturated carbocycles. The minimum absolute atomic E-state index is 0. The molecule has 0 amide bonds. The molecule has 1 aliphatic heterocycles. The number of esters is 1. The lowest BCUT2D eigenvalue weighted by molar-refractivity contribution is -0.150. The van der Waals surface area contributed by atoms with Gasteiger partial charge < -0.3 is 14.7 Å². The molecule has 0 spiro atoms. The second-order valence-electron chi connectivity index (χ2n) is 4.65. The standard InChI is InChI=1S/C14H15NO6.ClH/c16-11(17)7-6-10-12(15-21-13(10)18)14(19)20-8-9-4-2-1-3-5-9;/h1-5,10,12,15H,6-8H2,(H,16,17);1H. The van der Waals surface area contributed by atoms with Crippen LogP contribution in [0.25, 0.3) is 0 Å². The third-order valence-corrected chi connectivity index (χ3v) is 3.14. The number of aliphatic carboxylic acids is 1. The van der Waals surface area contributed by atoms with Gasteiger partial charge in [-0.2, -0.15) is 0 Å². The van der Waals surface area contributed by atoms with E-state index in [9.17, 15) is 14.4 Å². The number of ether oxygens (including phenoxy) is 1. The van der Waals surface area contributed by atoms with Crippen LogP contribution < -0.4 is 5.48 Å². The number of rotatable bonds is 6. The lowest BCUT2D eigenvalue weighted by Gasteiger charge is -2.13. The molecule has 2 unspecified atom stereocenters. The van der Waals surface area contributed by atoms with Crippen LogP contribution in [-0.4, -0.2) is 29.1 Å². The Labute approximate surface area is 133 Å². The van der Waals surface area contributed by atoms with Gasteiger partial charge in [0.25, 0.3) is 0 Å². The van der Waals surface area contributed by atoms with Crippen molar-refractivity contribution < 1.29 is 29.1 Å². The summed E-state index contributed by atoms with van der Waals surface area (Å²) >= 11 is 0. The first-order valence-electron chi connectivity index (χ1n) is 6.46. The van der Waals surface area contributed by atoms with E-state index in [1.165, 1.54) is 0 Å². The lowest BCUT2D eigenvalue weighted by Crippen LogP contribution is -2.37. The molecule has 1 saturated heterocycles. The maximum atomic E-state index is 12.0. The summed E-state index contributed by atoms with van der Waals surface area (Å²) in [6.45, 7) is 0.0810. The number of hydrogen-bond acceptors (Lipinski definition) is 6. The molecule has 2 N–H and O–H groups in total. The van der Waals surface area contributed by atoms with Gasteiger partial charge in [-0.05, 0) is 12.0 Å². The van der Waals surface area contributed by atoms with Crippen LogP contribution in [0.1, 0.15) is 18.4 Å². The number of carboxylic acids is 1. The van der Waals surface area contributed by atoms with Gasteiger partial charge in [0, 0.05) is 6.42 Å². The Hall–Kier alpha value is -2.12. The SMILES string of the molecule is Cl.O=C(O)CCC1C(=O)ONC1C(=O)OCc1ccccc1. The zero-order valence-electron chi connectivity index (χ0n) is 11.6. The fourth-order valence-corrected chi connectivity index (χ4v) is 2.01. The number of benzene rings is 1. The predicted octanol–water partition coefficient (Wildman–Crippen LogP) is 1.06. The Bertz CT molecular complexity index is 535. The average molecular weight is 330 g/mol. The molecule has 8 heteroatoms. The molecule has 2 rings (SSSR count). The van der Waals surface area contributed by atoms with E-state index in [4.69, 9.17) is 9.84 Å². The van der Waals surface area contributed by atoms with Crippen LogP contribution in [0.5, 0.6) is 0 Å². The van der Waals surface area contributed by atoms with E-state index in [1.54, 1.807) is 12.1 Å². The van der Waals surface area contributed by atoms with Gasteiger partial charge in [-0.1, -0.05) is 30.3 Å². The third kappa shape index (κ3) is 4.71. The molecule has 1 heterocycles. The Morgan fingerprint density at radius 3 is 2.59 bits per heavy atom. The largest absolute Gasteiger partial charge is 0.481 e. The fraction of sp³-hybridized carbons (Fsp3) is 0.357.